The summed E-state index contributed by atoms with van der Waals surface area (Å²) in [7, 11) is 0. The lowest BCUT2D eigenvalue weighted by Crippen LogP contribution is -2.46. The van der Waals surface area contributed by atoms with Crippen LogP contribution in [0.4, 0.5) is 10.1 Å². The van der Waals surface area contributed by atoms with E-state index in [0.29, 0.717) is 34.2 Å². The average Bonchev–Trinajstić information content (AvgIpc) is 3.30. The Balaban J connectivity index is 1.34. The van der Waals surface area contributed by atoms with Crippen LogP contribution >= 0.6 is 11.3 Å². The minimum absolute atomic E-state index is 0.116. The van der Waals surface area contributed by atoms with Gasteiger partial charge in [0, 0.05) is 42.0 Å². The molecule has 1 saturated heterocycles. The van der Waals surface area contributed by atoms with Gasteiger partial charge in [0.15, 0.2) is 11.5 Å². The van der Waals surface area contributed by atoms with Crippen molar-refractivity contribution in [2.24, 2.45) is 0 Å². The number of anilines is 1. The number of carbonyl (C=O) groups excluding carboxylic acids is 1. The molecule has 4 aromatic rings. The Morgan fingerprint density at radius 2 is 2.00 bits per heavy atom. The lowest BCUT2D eigenvalue weighted by atomic mass is 9.98. The van der Waals surface area contributed by atoms with Crippen molar-refractivity contribution >= 4 is 38.8 Å². The van der Waals surface area contributed by atoms with Gasteiger partial charge >= 0.3 is 0 Å². The highest BCUT2D eigenvalue weighted by Gasteiger charge is 2.25. The van der Waals surface area contributed by atoms with Crippen molar-refractivity contribution in [1.82, 2.24) is 19.7 Å². The second-order valence-corrected chi connectivity index (χ2v) is 9.51. The number of carbonyl (C=O) groups is 1. The molecule has 0 bridgehead atoms. The van der Waals surface area contributed by atoms with Gasteiger partial charge < -0.3 is 19.8 Å². The number of nitrogens with one attached hydrogen (secondary N) is 2. The maximum Gasteiger partial charge on any atom is 0.265 e. The first-order valence-corrected chi connectivity index (χ1v) is 11.4. The summed E-state index contributed by atoms with van der Waals surface area (Å²) < 4.78 is 22.0. The standard InChI is InChI=1S/C23H24FN5O2S/c1-12-6-17(7-13(2)25-12)31-20-5-4-15-8-19(32-23(15)28-20)22(30)27-16-9-18(24)21-26-14(3)10-29(21)11-16/h4-5,8-13,17,25H,6-7H2,1-3H3,(H,27,30)/t12-,13?,17?/m1/s1. The molecule has 2 unspecified atom stereocenters. The molecule has 1 aliphatic heterocycles. The van der Waals surface area contributed by atoms with E-state index >= 15 is 0 Å². The molecule has 0 saturated carbocycles. The number of rotatable bonds is 4. The molecule has 166 valence electrons. The van der Waals surface area contributed by atoms with E-state index in [1.165, 1.54) is 17.4 Å². The van der Waals surface area contributed by atoms with Gasteiger partial charge in [-0.1, -0.05) is 0 Å². The molecule has 0 radical (unpaired) electrons. The zero-order valence-corrected chi connectivity index (χ0v) is 18.9. The number of aryl methyl sites for hydroxylation is 1. The molecule has 1 aliphatic rings. The van der Waals surface area contributed by atoms with Crippen LogP contribution < -0.4 is 15.4 Å². The summed E-state index contributed by atoms with van der Waals surface area (Å²) >= 11 is 1.29. The maximum absolute atomic E-state index is 14.3. The average molecular weight is 454 g/mol. The molecule has 1 fully saturated rings. The van der Waals surface area contributed by atoms with Crippen molar-refractivity contribution in [3.8, 4) is 5.88 Å². The van der Waals surface area contributed by atoms with Gasteiger partial charge in [-0.05, 0) is 45.7 Å². The van der Waals surface area contributed by atoms with E-state index in [4.69, 9.17) is 4.74 Å². The largest absolute Gasteiger partial charge is 0.474 e. The zero-order valence-electron chi connectivity index (χ0n) is 18.1. The summed E-state index contributed by atoms with van der Waals surface area (Å²) in [5.74, 6) is -0.232. The lowest BCUT2D eigenvalue weighted by Gasteiger charge is -2.32. The van der Waals surface area contributed by atoms with Crippen LogP contribution in [0.2, 0.25) is 0 Å². The predicted octanol–water partition coefficient (Wildman–Crippen LogP) is 4.55. The minimum Gasteiger partial charge on any atom is -0.474 e. The molecule has 1 amide bonds. The van der Waals surface area contributed by atoms with Crippen LogP contribution in [0.1, 0.15) is 42.1 Å². The molecule has 32 heavy (non-hydrogen) atoms. The Kier molecular flexibility index (Phi) is 5.30. The number of aromatic nitrogens is 3. The molecule has 4 aromatic heterocycles. The van der Waals surface area contributed by atoms with Crippen LogP contribution in [0.5, 0.6) is 5.88 Å². The summed E-state index contributed by atoms with van der Waals surface area (Å²) in [6.45, 7) is 6.11. The van der Waals surface area contributed by atoms with Crippen molar-refractivity contribution < 1.29 is 13.9 Å². The first-order valence-electron chi connectivity index (χ1n) is 10.6. The third-order valence-electron chi connectivity index (χ3n) is 5.56. The third-order valence-corrected chi connectivity index (χ3v) is 6.60. The number of hydrogen-bond acceptors (Lipinski definition) is 6. The molecule has 0 aliphatic carbocycles. The molecule has 5 rings (SSSR count). The smallest absolute Gasteiger partial charge is 0.265 e. The quantitative estimate of drug-likeness (QED) is 0.474. The number of nitrogens with zero attached hydrogens (tertiary/aromatic N) is 3. The molecule has 5 heterocycles. The third kappa shape index (κ3) is 4.18. The first kappa shape index (κ1) is 20.8. The fourth-order valence-corrected chi connectivity index (χ4v) is 5.21. The fourth-order valence-electron chi connectivity index (χ4n) is 4.29. The number of amides is 1. The van der Waals surface area contributed by atoms with Crippen LogP contribution in [0.15, 0.2) is 36.7 Å². The van der Waals surface area contributed by atoms with E-state index in [2.05, 4.69) is 34.4 Å². The number of hydrogen-bond donors (Lipinski definition) is 2. The van der Waals surface area contributed by atoms with Crippen LogP contribution in [0, 0.1) is 12.7 Å². The molecular formula is C23H24FN5O2S. The number of halogens is 1. The highest BCUT2D eigenvalue weighted by atomic mass is 32.1. The van der Waals surface area contributed by atoms with Gasteiger partial charge in [0.2, 0.25) is 5.88 Å². The van der Waals surface area contributed by atoms with Crippen molar-refractivity contribution in [2.75, 3.05) is 5.32 Å². The van der Waals surface area contributed by atoms with E-state index in [9.17, 15) is 9.18 Å². The zero-order chi connectivity index (χ0) is 22.4. The van der Waals surface area contributed by atoms with Crippen LogP contribution in [-0.4, -0.2) is 38.5 Å². The molecule has 0 aromatic carbocycles. The topological polar surface area (TPSA) is 80.5 Å². The van der Waals surface area contributed by atoms with Crippen LogP contribution in [-0.2, 0) is 0 Å². The second kappa shape index (κ2) is 8.14. The van der Waals surface area contributed by atoms with Crippen LogP contribution in [0.25, 0.3) is 15.9 Å². The Hall–Kier alpha value is -3.04. The highest BCUT2D eigenvalue weighted by molar-refractivity contribution is 7.20. The summed E-state index contributed by atoms with van der Waals surface area (Å²) in [6, 6.07) is 7.63. The van der Waals surface area contributed by atoms with Gasteiger partial charge in [0.05, 0.1) is 16.3 Å². The Bertz CT molecular complexity index is 1310. The first-order chi connectivity index (χ1) is 15.3. The van der Waals surface area contributed by atoms with E-state index in [0.717, 1.165) is 23.1 Å². The minimum atomic E-state index is -0.489. The number of ether oxygens (including phenoxy) is 1. The fraction of sp³-hybridized carbons (Fsp3) is 0.348. The van der Waals surface area contributed by atoms with Gasteiger partial charge in [-0.3, -0.25) is 4.79 Å². The SMILES string of the molecule is Cc1cn2cc(NC(=O)c3cc4ccc(OC5CC(C)N[C@H](C)C5)nc4s3)cc(F)c2n1. The Labute approximate surface area is 188 Å². The number of thiophene rings is 1. The number of piperidine rings is 1. The second-order valence-electron chi connectivity index (χ2n) is 8.48. The summed E-state index contributed by atoms with van der Waals surface area (Å²) in [5, 5.41) is 7.14. The van der Waals surface area contributed by atoms with Crippen molar-refractivity contribution in [2.45, 2.75) is 51.8 Å². The molecule has 7 nitrogen and oxygen atoms in total. The van der Waals surface area contributed by atoms with Gasteiger partial charge in [-0.2, -0.15) is 0 Å². The van der Waals surface area contributed by atoms with Crippen molar-refractivity contribution in [3.63, 3.8) is 0 Å². The number of fused-ring (bicyclic) bond motifs is 2. The Morgan fingerprint density at radius 1 is 1.22 bits per heavy atom. The van der Waals surface area contributed by atoms with Gasteiger partial charge in [-0.15, -0.1) is 11.3 Å². The van der Waals surface area contributed by atoms with E-state index in [1.54, 1.807) is 29.8 Å². The number of pyridine rings is 2. The summed E-state index contributed by atoms with van der Waals surface area (Å²) in [5.41, 5.74) is 1.30. The molecule has 3 atom stereocenters. The van der Waals surface area contributed by atoms with Crippen LogP contribution in [0.3, 0.4) is 0 Å². The van der Waals surface area contributed by atoms with E-state index in [-0.39, 0.29) is 17.7 Å². The molecule has 0 spiro atoms. The van der Waals surface area contributed by atoms with E-state index < -0.39 is 5.82 Å². The number of imidazole rings is 1. The highest BCUT2D eigenvalue weighted by Crippen LogP contribution is 2.28. The van der Waals surface area contributed by atoms with E-state index in [1.807, 2.05) is 12.1 Å². The Morgan fingerprint density at radius 3 is 2.78 bits per heavy atom. The van der Waals surface area contributed by atoms with Gasteiger partial charge in [0.1, 0.15) is 10.9 Å². The van der Waals surface area contributed by atoms with Gasteiger partial charge in [0.25, 0.3) is 5.91 Å². The van der Waals surface area contributed by atoms with Crippen molar-refractivity contribution in [3.05, 3.63) is 53.0 Å². The molecule has 9 heteroatoms. The summed E-state index contributed by atoms with van der Waals surface area (Å²) in [6.07, 6.45) is 5.34. The molecular weight excluding hydrogens is 429 g/mol. The van der Waals surface area contributed by atoms with Gasteiger partial charge in [-0.25, -0.2) is 14.4 Å². The normalized spacial score (nSPS) is 21.2. The lowest BCUT2D eigenvalue weighted by molar-refractivity contribution is 0.103. The maximum atomic E-state index is 14.3. The monoisotopic (exact) mass is 453 g/mol. The summed E-state index contributed by atoms with van der Waals surface area (Å²) in [4.78, 5) is 22.8. The van der Waals surface area contributed by atoms with Crippen molar-refractivity contribution in [1.29, 1.82) is 0 Å². The molecule has 2 N–H and O–H groups in total. The predicted molar refractivity (Wildman–Crippen MR) is 123 cm³/mol.